The lowest BCUT2D eigenvalue weighted by atomic mass is 10.1. The van der Waals surface area contributed by atoms with Gasteiger partial charge in [-0.15, -0.1) is 0 Å². The van der Waals surface area contributed by atoms with E-state index in [2.05, 4.69) is 0 Å². The topological polar surface area (TPSA) is 60.8 Å². The zero-order valence-electron chi connectivity index (χ0n) is 7.34. The second kappa shape index (κ2) is 3.41. The van der Waals surface area contributed by atoms with Crippen molar-refractivity contribution in [2.75, 3.05) is 7.05 Å². The van der Waals surface area contributed by atoms with E-state index in [1.165, 1.54) is 4.90 Å². The number of hydrogen-bond acceptors (Lipinski definition) is 3. The normalized spacial score (nSPS) is 41.3. The molecule has 2 N–H and O–H groups in total. The fraction of sp³-hybridized carbons (Fsp3) is 0.875. The van der Waals surface area contributed by atoms with Gasteiger partial charge in [0.05, 0.1) is 12.1 Å². The summed E-state index contributed by atoms with van der Waals surface area (Å²) >= 11 is 0. The van der Waals surface area contributed by atoms with Crippen LogP contribution < -0.4 is 0 Å². The van der Waals surface area contributed by atoms with Gasteiger partial charge in [-0.3, -0.25) is 4.79 Å². The molecule has 12 heavy (non-hydrogen) atoms. The van der Waals surface area contributed by atoms with Crippen molar-refractivity contribution < 1.29 is 15.0 Å². The first-order valence-corrected chi connectivity index (χ1v) is 4.11. The molecule has 0 spiro atoms. The predicted octanol–water partition coefficient (Wildman–Crippen LogP) is -0.795. The van der Waals surface area contributed by atoms with E-state index in [4.69, 9.17) is 0 Å². The van der Waals surface area contributed by atoms with E-state index in [0.717, 1.165) is 0 Å². The van der Waals surface area contributed by atoms with Gasteiger partial charge >= 0.3 is 0 Å². The zero-order chi connectivity index (χ0) is 9.30. The Morgan fingerprint density at radius 3 is 2.33 bits per heavy atom. The summed E-state index contributed by atoms with van der Waals surface area (Å²) < 4.78 is 0. The molecule has 0 radical (unpaired) electrons. The minimum Gasteiger partial charge on any atom is -0.390 e. The Morgan fingerprint density at radius 1 is 1.42 bits per heavy atom. The maximum atomic E-state index is 10.4. The molecule has 1 aliphatic carbocycles. The minimum atomic E-state index is -0.796. The maximum absolute atomic E-state index is 10.4. The molecule has 4 heteroatoms. The molecule has 1 amide bonds. The number of carbonyl (C=O) groups excluding carboxylic acids is 1. The molecule has 0 bridgehead atoms. The van der Waals surface area contributed by atoms with Crippen LogP contribution in [0, 0.1) is 5.92 Å². The third-order valence-electron chi connectivity index (χ3n) is 2.63. The van der Waals surface area contributed by atoms with Crippen molar-refractivity contribution in [3.05, 3.63) is 0 Å². The van der Waals surface area contributed by atoms with Crippen molar-refractivity contribution in [3.8, 4) is 0 Å². The Balaban J connectivity index is 2.63. The van der Waals surface area contributed by atoms with Crippen LogP contribution in [0.1, 0.15) is 13.3 Å². The molecule has 4 atom stereocenters. The standard InChI is InChI=1S/C8H15NO3/c1-5-3-6(9(2)4-10)8(12)7(5)11/h4-8,11-12H,3H2,1-2H3/t5-,6+,7+,8-/m1/s1. The van der Waals surface area contributed by atoms with Gasteiger partial charge in [0, 0.05) is 7.05 Å². The van der Waals surface area contributed by atoms with Gasteiger partial charge in [-0.05, 0) is 12.3 Å². The summed E-state index contributed by atoms with van der Waals surface area (Å²) in [5.74, 6) is 0.0624. The minimum absolute atomic E-state index is 0.0624. The highest BCUT2D eigenvalue weighted by Gasteiger charge is 2.40. The highest BCUT2D eigenvalue weighted by molar-refractivity contribution is 5.47. The Hall–Kier alpha value is -0.610. The number of carbonyl (C=O) groups is 1. The van der Waals surface area contributed by atoms with Crippen molar-refractivity contribution in [3.63, 3.8) is 0 Å². The number of nitrogens with zero attached hydrogens (tertiary/aromatic N) is 1. The molecule has 0 aromatic rings. The van der Waals surface area contributed by atoms with Gasteiger partial charge < -0.3 is 15.1 Å². The van der Waals surface area contributed by atoms with Gasteiger partial charge in [0.2, 0.25) is 6.41 Å². The molecule has 0 aromatic carbocycles. The number of hydrogen-bond donors (Lipinski definition) is 2. The van der Waals surface area contributed by atoms with Crippen LogP contribution in [0.2, 0.25) is 0 Å². The molecule has 1 saturated carbocycles. The quantitative estimate of drug-likeness (QED) is 0.538. The molecule has 0 saturated heterocycles. The van der Waals surface area contributed by atoms with Crippen molar-refractivity contribution in [2.45, 2.75) is 31.6 Å². The van der Waals surface area contributed by atoms with Crippen LogP contribution in [0.4, 0.5) is 0 Å². The van der Waals surface area contributed by atoms with Crippen LogP contribution in [0.3, 0.4) is 0 Å². The highest BCUT2D eigenvalue weighted by Crippen LogP contribution is 2.28. The van der Waals surface area contributed by atoms with Gasteiger partial charge in [0.25, 0.3) is 0 Å². The monoisotopic (exact) mass is 173 g/mol. The summed E-state index contributed by atoms with van der Waals surface area (Å²) in [7, 11) is 1.62. The molecular weight excluding hydrogens is 158 g/mol. The number of rotatable bonds is 2. The average molecular weight is 173 g/mol. The van der Waals surface area contributed by atoms with Gasteiger partial charge in [0.15, 0.2) is 0 Å². The molecule has 0 aromatic heterocycles. The summed E-state index contributed by atoms with van der Waals surface area (Å²) in [4.78, 5) is 11.8. The fourth-order valence-corrected chi connectivity index (χ4v) is 1.71. The summed E-state index contributed by atoms with van der Waals surface area (Å²) in [5, 5.41) is 18.9. The first kappa shape index (κ1) is 9.48. The van der Waals surface area contributed by atoms with Crippen molar-refractivity contribution in [1.29, 1.82) is 0 Å². The molecule has 0 aliphatic heterocycles. The predicted molar refractivity (Wildman–Crippen MR) is 43.4 cm³/mol. The molecule has 1 aliphatic rings. The van der Waals surface area contributed by atoms with E-state index in [1.54, 1.807) is 7.05 Å². The van der Waals surface area contributed by atoms with Crippen molar-refractivity contribution in [2.24, 2.45) is 5.92 Å². The van der Waals surface area contributed by atoms with E-state index in [-0.39, 0.29) is 12.0 Å². The molecule has 0 unspecified atom stereocenters. The summed E-state index contributed by atoms with van der Waals surface area (Å²) in [6.07, 6.45) is -0.149. The van der Waals surface area contributed by atoms with E-state index < -0.39 is 12.2 Å². The molecule has 1 fully saturated rings. The lowest BCUT2D eigenvalue weighted by Crippen LogP contribution is -2.40. The lowest BCUT2D eigenvalue weighted by molar-refractivity contribution is -0.121. The van der Waals surface area contributed by atoms with Gasteiger partial charge in [-0.25, -0.2) is 0 Å². The van der Waals surface area contributed by atoms with Gasteiger partial charge in [-0.2, -0.15) is 0 Å². The summed E-state index contributed by atoms with van der Waals surface area (Å²) in [6, 6.07) is -0.229. The largest absolute Gasteiger partial charge is 0.390 e. The van der Waals surface area contributed by atoms with E-state index >= 15 is 0 Å². The molecule has 1 rings (SSSR count). The maximum Gasteiger partial charge on any atom is 0.209 e. The number of aliphatic hydroxyl groups excluding tert-OH is 2. The lowest BCUT2D eigenvalue weighted by Gasteiger charge is -2.23. The van der Waals surface area contributed by atoms with Crippen molar-refractivity contribution >= 4 is 6.41 Å². The fourth-order valence-electron chi connectivity index (χ4n) is 1.71. The van der Waals surface area contributed by atoms with Crippen molar-refractivity contribution in [1.82, 2.24) is 4.90 Å². The zero-order valence-corrected chi connectivity index (χ0v) is 7.34. The van der Waals surface area contributed by atoms with Crippen LogP contribution in [0.25, 0.3) is 0 Å². The Morgan fingerprint density at radius 2 is 2.00 bits per heavy atom. The first-order chi connectivity index (χ1) is 5.57. The van der Waals surface area contributed by atoms with Gasteiger partial charge in [-0.1, -0.05) is 6.92 Å². The highest BCUT2D eigenvalue weighted by atomic mass is 16.3. The van der Waals surface area contributed by atoms with E-state index in [1.807, 2.05) is 6.92 Å². The van der Waals surface area contributed by atoms with E-state index in [9.17, 15) is 15.0 Å². The first-order valence-electron chi connectivity index (χ1n) is 4.11. The van der Waals surface area contributed by atoms with Crippen LogP contribution in [0.5, 0.6) is 0 Å². The summed E-state index contributed by atoms with van der Waals surface area (Å²) in [6.45, 7) is 1.87. The Labute approximate surface area is 71.8 Å². The van der Waals surface area contributed by atoms with Crippen LogP contribution in [0.15, 0.2) is 0 Å². The second-order valence-corrected chi connectivity index (χ2v) is 3.53. The van der Waals surface area contributed by atoms with Crippen LogP contribution in [-0.2, 0) is 4.79 Å². The average Bonchev–Trinajstić information content (AvgIpc) is 2.32. The third-order valence-corrected chi connectivity index (χ3v) is 2.63. The third kappa shape index (κ3) is 1.44. The SMILES string of the molecule is C[C@@H]1C[C@H](N(C)C=O)[C@@H](O)[C@H]1O. The number of aliphatic hydroxyl groups is 2. The smallest absolute Gasteiger partial charge is 0.209 e. The Kier molecular flexibility index (Phi) is 2.69. The molecule has 0 heterocycles. The molecule has 70 valence electrons. The Bertz CT molecular complexity index is 174. The second-order valence-electron chi connectivity index (χ2n) is 3.53. The number of amides is 1. The number of likely N-dealkylation sites (N-methyl/N-ethyl adjacent to an activating group) is 1. The molecular formula is C8H15NO3. The van der Waals surface area contributed by atoms with E-state index in [0.29, 0.717) is 12.8 Å². The molecule has 4 nitrogen and oxygen atoms in total. The summed E-state index contributed by atoms with van der Waals surface area (Å²) in [5.41, 5.74) is 0. The van der Waals surface area contributed by atoms with Crippen LogP contribution >= 0.6 is 0 Å². The van der Waals surface area contributed by atoms with Gasteiger partial charge in [0.1, 0.15) is 6.10 Å². The van der Waals surface area contributed by atoms with Crippen LogP contribution in [-0.4, -0.2) is 46.8 Å².